The fourth-order valence-corrected chi connectivity index (χ4v) is 4.64. The zero-order valence-electron chi connectivity index (χ0n) is 22.4. The molecule has 4 heterocycles. The van der Waals surface area contributed by atoms with Gasteiger partial charge in [-0.05, 0) is 56.5 Å². The van der Waals surface area contributed by atoms with Gasteiger partial charge >= 0.3 is 0 Å². The van der Waals surface area contributed by atoms with Gasteiger partial charge in [0.25, 0.3) is 5.91 Å². The Morgan fingerprint density at radius 2 is 2.05 bits per heavy atom. The number of fused-ring (bicyclic) bond motifs is 7. The van der Waals surface area contributed by atoms with Crippen molar-refractivity contribution in [1.82, 2.24) is 29.6 Å². The third-order valence-corrected chi connectivity index (χ3v) is 6.52. The maximum absolute atomic E-state index is 13.5. The van der Waals surface area contributed by atoms with Crippen molar-refractivity contribution in [1.29, 1.82) is 0 Å². The molecule has 3 aromatic heterocycles. The molecule has 1 aliphatic rings. The molecule has 4 aromatic rings. The number of amides is 3. The molecule has 0 fully saturated rings. The molecule has 40 heavy (non-hydrogen) atoms. The maximum atomic E-state index is 13.5. The summed E-state index contributed by atoms with van der Waals surface area (Å²) in [6.45, 7) is 6.05. The van der Waals surface area contributed by atoms with Gasteiger partial charge in [0.2, 0.25) is 23.6 Å². The van der Waals surface area contributed by atoms with Crippen LogP contribution in [0, 0.1) is 6.92 Å². The molecule has 206 valence electrons. The van der Waals surface area contributed by atoms with Crippen molar-refractivity contribution >= 4 is 40.4 Å². The highest BCUT2D eigenvalue weighted by molar-refractivity contribution is 6.06. The summed E-state index contributed by atoms with van der Waals surface area (Å²) in [7, 11) is 1.81. The Balaban J connectivity index is 1.52. The number of aryl methyl sites for hydroxylation is 3. The number of aromatic nitrogens is 5. The second-order valence-corrected chi connectivity index (χ2v) is 9.46. The number of pyridine rings is 1. The van der Waals surface area contributed by atoms with Crippen molar-refractivity contribution in [2.24, 2.45) is 7.05 Å². The predicted octanol–water partition coefficient (Wildman–Crippen LogP) is 3.20. The van der Waals surface area contributed by atoms with E-state index in [2.05, 4.69) is 32.6 Å². The predicted molar refractivity (Wildman–Crippen MR) is 150 cm³/mol. The smallest absolute Gasteiger partial charge is 0.258 e. The van der Waals surface area contributed by atoms with Crippen LogP contribution in [0.5, 0.6) is 5.88 Å². The summed E-state index contributed by atoms with van der Waals surface area (Å²) in [5.74, 6) is -0.216. The number of hydrogen-bond acceptors (Lipinski definition) is 7. The van der Waals surface area contributed by atoms with Gasteiger partial charge in [0.1, 0.15) is 0 Å². The third-order valence-electron chi connectivity index (χ3n) is 6.52. The van der Waals surface area contributed by atoms with Gasteiger partial charge in [0, 0.05) is 24.8 Å². The number of carbonyl (C=O) groups excluding carboxylic acids is 3. The van der Waals surface area contributed by atoms with Crippen molar-refractivity contribution < 1.29 is 19.1 Å². The van der Waals surface area contributed by atoms with Crippen molar-refractivity contribution in [3.8, 4) is 17.1 Å². The third kappa shape index (κ3) is 5.55. The number of rotatable bonds is 4. The van der Waals surface area contributed by atoms with E-state index in [0.29, 0.717) is 64.2 Å². The summed E-state index contributed by atoms with van der Waals surface area (Å²) in [4.78, 5) is 46.9. The van der Waals surface area contributed by atoms with Gasteiger partial charge in [0.05, 0.1) is 47.3 Å². The van der Waals surface area contributed by atoms with Crippen LogP contribution in [0.25, 0.3) is 22.3 Å². The van der Waals surface area contributed by atoms with E-state index in [4.69, 9.17) is 9.72 Å². The summed E-state index contributed by atoms with van der Waals surface area (Å²) in [5.41, 5.74) is 4.19. The molecule has 5 rings (SSSR count). The largest absolute Gasteiger partial charge is 0.477 e. The molecule has 3 N–H and O–H groups in total. The van der Waals surface area contributed by atoms with E-state index in [1.165, 1.54) is 0 Å². The minimum atomic E-state index is -0.440. The molecule has 1 aliphatic heterocycles. The van der Waals surface area contributed by atoms with Crippen molar-refractivity contribution in [3.63, 3.8) is 0 Å². The Hall–Kier alpha value is -5.00. The number of benzene rings is 1. The lowest BCUT2D eigenvalue weighted by Crippen LogP contribution is -2.31. The molecule has 0 saturated carbocycles. The Morgan fingerprint density at radius 1 is 1.20 bits per heavy atom. The lowest BCUT2D eigenvalue weighted by atomic mass is 10.1. The summed E-state index contributed by atoms with van der Waals surface area (Å²) >= 11 is 0. The molecule has 0 aliphatic carbocycles. The standard InChI is InChI=1S/C28H30N8O4/c1-4-23(37)29-16-24(38)32-20-9-8-10-21-25(20)36-11-6-5-7-12-40-27-19(15-30-35(27)3)22-14-18(13-17(2)31-22)26(39)34-28(36)33-21/h4,8-10,13-15H,1,5-7,11-12,16H2,2-3H3,(H,29,37)(H,32,38)(H,33,34,39). The molecule has 3 amide bonds. The highest BCUT2D eigenvalue weighted by Crippen LogP contribution is 2.31. The molecule has 12 heteroatoms. The molecule has 0 unspecified atom stereocenters. The van der Waals surface area contributed by atoms with Crippen LogP contribution >= 0.6 is 0 Å². The van der Waals surface area contributed by atoms with E-state index in [-0.39, 0.29) is 12.5 Å². The number of anilines is 2. The normalized spacial score (nSPS) is 13.6. The summed E-state index contributed by atoms with van der Waals surface area (Å²) in [5, 5.41) is 12.6. The summed E-state index contributed by atoms with van der Waals surface area (Å²) in [6, 6.07) is 8.78. The van der Waals surface area contributed by atoms with Crippen molar-refractivity contribution in [2.75, 3.05) is 23.8 Å². The molecular weight excluding hydrogens is 512 g/mol. The van der Waals surface area contributed by atoms with Gasteiger partial charge in [-0.2, -0.15) is 5.10 Å². The first kappa shape index (κ1) is 26.6. The van der Waals surface area contributed by atoms with Crippen LogP contribution < -0.4 is 20.7 Å². The average molecular weight is 543 g/mol. The minimum absolute atomic E-state index is 0.208. The molecule has 0 spiro atoms. The monoisotopic (exact) mass is 542 g/mol. The van der Waals surface area contributed by atoms with Gasteiger partial charge in [0.15, 0.2) is 0 Å². The highest BCUT2D eigenvalue weighted by atomic mass is 16.5. The van der Waals surface area contributed by atoms with E-state index in [1.807, 2.05) is 24.6 Å². The van der Waals surface area contributed by atoms with Gasteiger partial charge in [-0.1, -0.05) is 12.6 Å². The number of imidazole rings is 1. The fraction of sp³-hybridized carbons (Fsp3) is 0.286. The fourth-order valence-electron chi connectivity index (χ4n) is 4.64. The maximum Gasteiger partial charge on any atom is 0.258 e. The lowest BCUT2D eigenvalue weighted by Gasteiger charge is -2.13. The van der Waals surface area contributed by atoms with E-state index < -0.39 is 11.8 Å². The molecule has 0 saturated heterocycles. The minimum Gasteiger partial charge on any atom is -0.477 e. The number of para-hydroxylation sites is 1. The van der Waals surface area contributed by atoms with Crippen LogP contribution in [-0.2, 0) is 23.2 Å². The van der Waals surface area contributed by atoms with Crippen molar-refractivity contribution in [3.05, 3.63) is 60.4 Å². The average Bonchev–Trinajstić information content (AvgIpc) is 3.48. The second kappa shape index (κ2) is 11.4. The van der Waals surface area contributed by atoms with Gasteiger partial charge in [-0.3, -0.25) is 24.7 Å². The molecule has 1 aromatic carbocycles. The molecular formula is C28H30N8O4. The Kier molecular flexibility index (Phi) is 7.58. The molecule has 12 nitrogen and oxygen atoms in total. The van der Waals surface area contributed by atoms with Crippen LogP contribution in [0.4, 0.5) is 11.6 Å². The number of carbonyl (C=O) groups is 3. The number of nitrogens with one attached hydrogen (secondary N) is 3. The first-order valence-corrected chi connectivity index (χ1v) is 13.0. The van der Waals surface area contributed by atoms with Crippen LogP contribution in [0.3, 0.4) is 0 Å². The van der Waals surface area contributed by atoms with Crippen LogP contribution in [0.15, 0.2) is 49.2 Å². The zero-order valence-corrected chi connectivity index (χ0v) is 22.4. The van der Waals surface area contributed by atoms with Gasteiger partial charge in [-0.15, -0.1) is 0 Å². The number of ether oxygens (including phenoxy) is 1. The summed E-state index contributed by atoms with van der Waals surface area (Å²) in [6.07, 6.45) is 5.23. The number of nitrogens with zero attached hydrogens (tertiary/aromatic N) is 5. The van der Waals surface area contributed by atoms with E-state index in [0.717, 1.165) is 25.3 Å². The molecule has 2 bridgehead atoms. The molecule has 0 atom stereocenters. The number of hydrogen-bond donors (Lipinski definition) is 3. The first-order chi connectivity index (χ1) is 19.3. The van der Waals surface area contributed by atoms with E-state index in [9.17, 15) is 14.4 Å². The lowest BCUT2D eigenvalue weighted by molar-refractivity contribution is -0.121. The topological polar surface area (TPSA) is 145 Å². The van der Waals surface area contributed by atoms with E-state index >= 15 is 0 Å². The molecule has 0 radical (unpaired) electrons. The van der Waals surface area contributed by atoms with E-state index in [1.54, 1.807) is 35.1 Å². The van der Waals surface area contributed by atoms with Crippen LogP contribution in [0.2, 0.25) is 0 Å². The van der Waals surface area contributed by atoms with Crippen LogP contribution in [-0.4, -0.2) is 55.2 Å². The Morgan fingerprint density at radius 3 is 2.88 bits per heavy atom. The second-order valence-electron chi connectivity index (χ2n) is 9.46. The Bertz CT molecular complexity index is 1620. The SMILES string of the molecule is C=CC(=O)NCC(=O)Nc1cccc2nc3n(c12)CCCCCOc1c(cnn1C)-c1cc(cc(C)n1)C(=O)N3. The van der Waals surface area contributed by atoms with Gasteiger partial charge < -0.3 is 19.9 Å². The highest BCUT2D eigenvalue weighted by Gasteiger charge is 2.21. The first-order valence-electron chi connectivity index (χ1n) is 13.0. The summed E-state index contributed by atoms with van der Waals surface area (Å²) < 4.78 is 9.66. The van der Waals surface area contributed by atoms with Crippen LogP contribution in [0.1, 0.15) is 35.3 Å². The van der Waals surface area contributed by atoms with Crippen molar-refractivity contribution in [2.45, 2.75) is 32.7 Å². The quantitative estimate of drug-likeness (QED) is 0.336. The zero-order chi connectivity index (χ0) is 28.2. The van der Waals surface area contributed by atoms with Gasteiger partial charge in [-0.25, -0.2) is 9.67 Å². The Labute approximate surface area is 230 Å².